The molecule has 3 aromatic rings. The Morgan fingerprint density at radius 1 is 1.00 bits per heavy atom. The molecule has 0 saturated heterocycles. The Bertz CT molecular complexity index is 778. The number of halogens is 1. The number of nitrogens with zero attached hydrogens (tertiary/aromatic N) is 3. The molecule has 0 atom stereocenters. The van der Waals surface area contributed by atoms with E-state index in [1.54, 1.807) is 12.4 Å². The lowest BCUT2D eigenvalue weighted by Crippen LogP contribution is -2.24. The standard InChI is InChI=1S/C18H16ClN3/c1-21(16-10-12-20-13-11-16)22-14-4-6-17(22)9-8-15-5-2-3-7-18(15)19/h2-14H,1H3. The van der Waals surface area contributed by atoms with Crippen LogP contribution >= 0.6 is 11.6 Å². The van der Waals surface area contributed by atoms with Crippen LogP contribution in [0.2, 0.25) is 5.02 Å². The van der Waals surface area contributed by atoms with Crippen molar-refractivity contribution in [2.75, 3.05) is 12.1 Å². The number of rotatable bonds is 4. The van der Waals surface area contributed by atoms with Crippen LogP contribution in [0.5, 0.6) is 0 Å². The average Bonchev–Trinajstić information content (AvgIpc) is 3.03. The topological polar surface area (TPSA) is 21.1 Å². The second-order valence-corrected chi connectivity index (χ2v) is 5.27. The Morgan fingerprint density at radius 3 is 2.55 bits per heavy atom. The molecule has 0 bridgehead atoms. The molecule has 4 heteroatoms. The highest BCUT2D eigenvalue weighted by atomic mass is 35.5. The van der Waals surface area contributed by atoms with Gasteiger partial charge in [-0.1, -0.05) is 35.9 Å². The molecule has 3 nitrogen and oxygen atoms in total. The first-order valence-corrected chi connectivity index (χ1v) is 7.37. The average molecular weight is 310 g/mol. The van der Waals surface area contributed by atoms with Gasteiger partial charge in [0, 0.05) is 30.7 Å². The summed E-state index contributed by atoms with van der Waals surface area (Å²) in [6, 6.07) is 15.8. The predicted molar refractivity (Wildman–Crippen MR) is 92.9 cm³/mol. The SMILES string of the molecule is CN(c1ccncc1)n1cccc1C=Cc1ccccc1Cl. The maximum atomic E-state index is 6.19. The molecule has 0 aliphatic rings. The van der Waals surface area contributed by atoms with Gasteiger partial charge in [-0.25, -0.2) is 0 Å². The highest BCUT2D eigenvalue weighted by Crippen LogP contribution is 2.19. The molecule has 1 aromatic carbocycles. The normalized spacial score (nSPS) is 11.0. The number of benzene rings is 1. The minimum atomic E-state index is 0.749. The number of hydrogen-bond donors (Lipinski definition) is 0. The summed E-state index contributed by atoms with van der Waals surface area (Å²) in [6.07, 6.45) is 9.67. The van der Waals surface area contributed by atoms with Gasteiger partial charge in [0.1, 0.15) is 0 Å². The molecule has 0 N–H and O–H groups in total. The van der Waals surface area contributed by atoms with E-state index < -0.39 is 0 Å². The van der Waals surface area contributed by atoms with Gasteiger partial charge in [0.05, 0.1) is 11.4 Å². The molecule has 22 heavy (non-hydrogen) atoms. The van der Waals surface area contributed by atoms with E-state index in [4.69, 9.17) is 11.6 Å². The van der Waals surface area contributed by atoms with Crippen molar-refractivity contribution in [2.45, 2.75) is 0 Å². The van der Waals surface area contributed by atoms with Crippen molar-refractivity contribution in [2.24, 2.45) is 0 Å². The van der Waals surface area contributed by atoms with Gasteiger partial charge in [0.2, 0.25) is 0 Å². The summed E-state index contributed by atoms with van der Waals surface area (Å²) < 4.78 is 2.07. The smallest absolute Gasteiger partial charge is 0.0626 e. The van der Waals surface area contributed by atoms with Gasteiger partial charge in [0.15, 0.2) is 0 Å². The third-order valence-corrected chi connectivity index (χ3v) is 3.80. The third-order valence-electron chi connectivity index (χ3n) is 3.46. The van der Waals surface area contributed by atoms with Gasteiger partial charge in [-0.05, 0) is 42.0 Å². The summed E-state index contributed by atoms with van der Waals surface area (Å²) in [7, 11) is 2.02. The van der Waals surface area contributed by atoms with Crippen molar-refractivity contribution in [1.82, 2.24) is 9.66 Å². The molecule has 0 aliphatic heterocycles. The van der Waals surface area contributed by atoms with Gasteiger partial charge >= 0.3 is 0 Å². The van der Waals surface area contributed by atoms with Crippen molar-refractivity contribution in [3.63, 3.8) is 0 Å². The zero-order valence-corrected chi connectivity index (χ0v) is 13.0. The van der Waals surface area contributed by atoms with E-state index in [1.807, 2.05) is 61.8 Å². The van der Waals surface area contributed by atoms with Crippen molar-refractivity contribution in [3.05, 3.63) is 83.4 Å². The van der Waals surface area contributed by atoms with E-state index in [1.165, 1.54) is 0 Å². The minimum Gasteiger partial charge on any atom is -0.284 e. The van der Waals surface area contributed by atoms with Gasteiger partial charge < -0.3 is 0 Å². The first-order chi connectivity index (χ1) is 10.8. The van der Waals surface area contributed by atoms with Crippen LogP contribution in [-0.4, -0.2) is 16.7 Å². The van der Waals surface area contributed by atoms with Crippen molar-refractivity contribution < 1.29 is 0 Å². The summed E-state index contributed by atoms with van der Waals surface area (Å²) in [5.41, 5.74) is 3.14. The fourth-order valence-corrected chi connectivity index (χ4v) is 2.46. The molecule has 0 amide bonds. The Hall–Kier alpha value is -2.52. The first-order valence-electron chi connectivity index (χ1n) is 7.00. The van der Waals surface area contributed by atoms with Crippen LogP contribution in [0.25, 0.3) is 12.2 Å². The Kier molecular flexibility index (Phi) is 4.26. The van der Waals surface area contributed by atoms with Crippen LogP contribution in [0.1, 0.15) is 11.3 Å². The van der Waals surface area contributed by atoms with E-state index in [0.29, 0.717) is 0 Å². The van der Waals surface area contributed by atoms with Crippen LogP contribution in [0, 0.1) is 0 Å². The molecule has 2 aromatic heterocycles. The second kappa shape index (κ2) is 6.50. The molecule has 0 radical (unpaired) electrons. The monoisotopic (exact) mass is 309 g/mol. The zero-order chi connectivity index (χ0) is 15.4. The molecule has 0 fully saturated rings. The molecule has 0 unspecified atom stereocenters. The van der Waals surface area contributed by atoms with Crippen LogP contribution in [-0.2, 0) is 0 Å². The summed E-state index contributed by atoms with van der Waals surface area (Å²) >= 11 is 6.19. The first kappa shape index (κ1) is 14.4. The molecule has 110 valence electrons. The minimum absolute atomic E-state index is 0.749. The Balaban J connectivity index is 1.88. The van der Waals surface area contributed by atoms with E-state index in [9.17, 15) is 0 Å². The molecule has 0 spiro atoms. The lowest BCUT2D eigenvalue weighted by molar-refractivity contribution is 0.772. The molecule has 0 aliphatic carbocycles. The summed E-state index contributed by atoms with van der Waals surface area (Å²) in [5.74, 6) is 0. The van der Waals surface area contributed by atoms with Crippen LogP contribution in [0.4, 0.5) is 5.69 Å². The summed E-state index contributed by atoms with van der Waals surface area (Å²) in [6.45, 7) is 0. The number of pyridine rings is 1. The molecular weight excluding hydrogens is 294 g/mol. The second-order valence-electron chi connectivity index (χ2n) is 4.86. The fourth-order valence-electron chi connectivity index (χ4n) is 2.26. The van der Waals surface area contributed by atoms with Crippen LogP contribution in [0.15, 0.2) is 67.1 Å². The van der Waals surface area contributed by atoms with Crippen molar-refractivity contribution in [3.8, 4) is 0 Å². The maximum Gasteiger partial charge on any atom is 0.0626 e. The van der Waals surface area contributed by atoms with Crippen molar-refractivity contribution >= 4 is 29.4 Å². The number of hydrogen-bond acceptors (Lipinski definition) is 2. The molecule has 2 heterocycles. The van der Waals surface area contributed by atoms with Gasteiger partial charge in [0.25, 0.3) is 0 Å². The van der Waals surface area contributed by atoms with Gasteiger partial charge in [-0.3, -0.25) is 14.7 Å². The quantitative estimate of drug-likeness (QED) is 0.702. The van der Waals surface area contributed by atoms with E-state index in [-0.39, 0.29) is 0 Å². The lowest BCUT2D eigenvalue weighted by Gasteiger charge is -2.22. The highest BCUT2D eigenvalue weighted by molar-refractivity contribution is 6.32. The van der Waals surface area contributed by atoms with Crippen LogP contribution in [0.3, 0.4) is 0 Å². The maximum absolute atomic E-state index is 6.19. The summed E-state index contributed by atoms with van der Waals surface area (Å²) in [4.78, 5) is 4.05. The van der Waals surface area contributed by atoms with Gasteiger partial charge in [-0.2, -0.15) is 0 Å². The largest absolute Gasteiger partial charge is 0.284 e. The highest BCUT2D eigenvalue weighted by Gasteiger charge is 2.05. The number of anilines is 1. The Morgan fingerprint density at radius 2 is 1.77 bits per heavy atom. The fraction of sp³-hybridized carbons (Fsp3) is 0.0556. The van der Waals surface area contributed by atoms with Gasteiger partial charge in [-0.15, -0.1) is 0 Å². The molecular formula is C18H16ClN3. The van der Waals surface area contributed by atoms with Crippen LogP contribution < -0.4 is 5.01 Å². The molecule has 0 saturated carbocycles. The van der Waals surface area contributed by atoms with Crippen molar-refractivity contribution in [1.29, 1.82) is 0 Å². The third kappa shape index (κ3) is 3.05. The van der Waals surface area contributed by atoms with E-state index in [0.717, 1.165) is 22.0 Å². The zero-order valence-electron chi connectivity index (χ0n) is 12.2. The van der Waals surface area contributed by atoms with E-state index >= 15 is 0 Å². The Labute approximate surface area is 135 Å². The predicted octanol–water partition coefficient (Wildman–Crippen LogP) is 4.61. The van der Waals surface area contributed by atoms with E-state index in [2.05, 4.69) is 26.8 Å². The summed E-state index contributed by atoms with van der Waals surface area (Å²) in [5, 5.41) is 2.81. The lowest BCUT2D eigenvalue weighted by atomic mass is 10.2. The number of aromatic nitrogens is 2. The molecule has 3 rings (SSSR count).